The lowest BCUT2D eigenvalue weighted by molar-refractivity contribution is -0.187. The normalized spacial score (nSPS) is 20.0. The summed E-state index contributed by atoms with van der Waals surface area (Å²) >= 11 is 0. The molecule has 1 amide bonds. The van der Waals surface area contributed by atoms with Gasteiger partial charge in [0.1, 0.15) is 11.5 Å². The van der Waals surface area contributed by atoms with Crippen LogP contribution >= 0.6 is 0 Å². The van der Waals surface area contributed by atoms with Crippen LogP contribution in [-0.2, 0) is 4.79 Å². The van der Waals surface area contributed by atoms with E-state index in [9.17, 15) is 22.8 Å². The molecule has 6 nitrogen and oxygen atoms in total. The van der Waals surface area contributed by atoms with Crippen molar-refractivity contribution in [3.63, 3.8) is 0 Å². The van der Waals surface area contributed by atoms with Gasteiger partial charge in [-0.05, 0) is 18.1 Å². The molecule has 0 saturated carbocycles. The molecule has 27 heavy (non-hydrogen) atoms. The van der Waals surface area contributed by atoms with Crippen molar-refractivity contribution in [1.82, 2.24) is 4.90 Å². The van der Waals surface area contributed by atoms with Crippen molar-refractivity contribution in [2.24, 2.45) is 17.8 Å². The first kappa shape index (κ1) is 20.9. The number of carboxylic acids is 1. The van der Waals surface area contributed by atoms with E-state index in [1.165, 1.54) is 25.3 Å². The molecule has 9 heteroatoms. The van der Waals surface area contributed by atoms with Gasteiger partial charge in [-0.2, -0.15) is 13.2 Å². The van der Waals surface area contributed by atoms with Crippen molar-refractivity contribution < 1.29 is 37.3 Å². The molecule has 0 aliphatic carbocycles. The molecule has 1 aromatic rings. The first-order valence-corrected chi connectivity index (χ1v) is 8.44. The predicted octanol–water partition coefficient (Wildman–Crippen LogP) is 3.07. The summed E-state index contributed by atoms with van der Waals surface area (Å²) in [6.45, 7) is 2.92. The van der Waals surface area contributed by atoms with E-state index >= 15 is 0 Å². The second kappa shape index (κ2) is 8.06. The van der Waals surface area contributed by atoms with Gasteiger partial charge < -0.3 is 19.5 Å². The largest absolute Gasteiger partial charge is 0.497 e. The Labute approximate surface area is 154 Å². The van der Waals surface area contributed by atoms with E-state index in [1.54, 1.807) is 0 Å². The SMILES string of the molecule is COc1ccc(C(=O)N2C[C@@H](C(F)(F)F)[C@H](C(=O)O)C2)c(OCC(C)C)c1. The Kier molecular flexibility index (Phi) is 6.22. The fraction of sp³-hybridized carbons (Fsp3) is 0.556. The number of amides is 1. The first-order valence-electron chi connectivity index (χ1n) is 8.44. The minimum absolute atomic E-state index is 0.0726. The number of carbonyl (C=O) groups is 2. The number of aliphatic carboxylic acids is 1. The van der Waals surface area contributed by atoms with E-state index in [0.29, 0.717) is 12.4 Å². The molecule has 1 fully saturated rings. The van der Waals surface area contributed by atoms with Crippen LogP contribution in [0.2, 0.25) is 0 Å². The molecule has 0 radical (unpaired) electrons. The average molecular weight is 389 g/mol. The number of rotatable bonds is 6. The quantitative estimate of drug-likeness (QED) is 0.809. The van der Waals surface area contributed by atoms with Crippen molar-refractivity contribution in [3.8, 4) is 11.5 Å². The fourth-order valence-corrected chi connectivity index (χ4v) is 2.90. The maximum Gasteiger partial charge on any atom is 0.394 e. The lowest BCUT2D eigenvalue weighted by Crippen LogP contribution is -2.34. The van der Waals surface area contributed by atoms with Crippen molar-refractivity contribution in [3.05, 3.63) is 23.8 Å². The number of carbonyl (C=O) groups excluding carboxylic acids is 1. The van der Waals surface area contributed by atoms with Crippen molar-refractivity contribution in [2.75, 3.05) is 26.8 Å². The second-order valence-electron chi connectivity index (χ2n) is 6.87. The summed E-state index contributed by atoms with van der Waals surface area (Å²) in [5, 5.41) is 9.11. The summed E-state index contributed by atoms with van der Waals surface area (Å²) < 4.78 is 50.2. The molecule has 0 spiro atoms. The monoisotopic (exact) mass is 389 g/mol. The third-order valence-corrected chi connectivity index (χ3v) is 4.34. The standard InChI is InChI=1S/C18H22F3NO5/c1-10(2)9-27-15-6-11(26-3)4-5-12(15)16(23)22-7-13(17(24)25)14(8-22)18(19,20)21/h4-6,10,13-14H,7-9H2,1-3H3,(H,24,25)/t13-,14-/m1/s1. The van der Waals surface area contributed by atoms with Gasteiger partial charge in [0.25, 0.3) is 5.91 Å². The minimum atomic E-state index is -4.70. The second-order valence-corrected chi connectivity index (χ2v) is 6.87. The van der Waals surface area contributed by atoms with E-state index in [4.69, 9.17) is 14.6 Å². The van der Waals surface area contributed by atoms with E-state index < -0.39 is 43.0 Å². The summed E-state index contributed by atoms with van der Waals surface area (Å²) in [5.41, 5.74) is 0.0726. The third kappa shape index (κ3) is 4.84. The molecule has 2 rings (SSSR count). The van der Waals surface area contributed by atoms with Crippen LogP contribution in [0.25, 0.3) is 0 Å². The Hall–Kier alpha value is -2.45. The van der Waals surface area contributed by atoms with Gasteiger partial charge in [0.15, 0.2) is 0 Å². The highest BCUT2D eigenvalue weighted by atomic mass is 19.4. The van der Waals surface area contributed by atoms with Crippen LogP contribution in [0.3, 0.4) is 0 Å². The van der Waals surface area contributed by atoms with Crippen molar-refractivity contribution in [1.29, 1.82) is 0 Å². The zero-order chi connectivity index (χ0) is 20.4. The van der Waals surface area contributed by atoms with Crippen molar-refractivity contribution in [2.45, 2.75) is 20.0 Å². The summed E-state index contributed by atoms with van der Waals surface area (Å²) in [6, 6.07) is 4.40. The highest BCUT2D eigenvalue weighted by Gasteiger charge is 2.53. The average Bonchev–Trinajstić information content (AvgIpc) is 3.05. The molecule has 1 aliphatic heterocycles. The lowest BCUT2D eigenvalue weighted by atomic mass is 9.96. The molecule has 1 N–H and O–H groups in total. The summed E-state index contributed by atoms with van der Waals surface area (Å²) in [7, 11) is 1.44. The van der Waals surface area contributed by atoms with Crippen LogP contribution in [0.15, 0.2) is 18.2 Å². The highest BCUT2D eigenvalue weighted by Crippen LogP contribution is 2.39. The number of halogens is 3. The van der Waals surface area contributed by atoms with Gasteiger partial charge in [0.05, 0.1) is 31.1 Å². The fourth-order valence-electron chi connectivity index (χ4n) is 2.90. The molecule has 0 unspecified atom stereocenters. The molecule has 150 valence electrons. The van der Waals surface area contributed by atoms with Gasteiger partial charge in [0.2, 0.25) is 0 Å². The lowest BCUT2D eigenvalue weighted by Gasteiger charge is -2.20. The van der Waals surface area contributed by atoms with Gasteiger partial charge >= 0.3 is 12.1 Å². The van der Waals surface area contributed by atoms with E-state index in [0.717, 1.165) is 4.90 Å². The first-order chi connectivity index (χ1) is 12.5. The molecule has 0 bridgehead atoms. The van der Waals surface area contributed by atoms with Crippen LogP contribution in [0, 0.1) is 17.8 Å². The number of alkyl halides is 3. The molecule has 1 aromatic carbocycles. The number of nitrogens with zero attached hydrogens (tertiary/aromatic N) is 1. The van der Waals surface area contributed by atoms with Crippen LogP contribution < -0.4 is 9.47 Å². The Morgan fingerprint density at radius 2 is 1.96 bits per heavy atom. The molecule has 1 aliphatic rings. The number of hydrogen-bond donors (Lipinski definition) is 1. The maximum absolute atomic E-state index is 13.2. The molecular formula is C18H22F3NO5. The van der Waals surface area contributed by atoms with E-state index in [2.05, 4.69) is 0 Å². The number of benzene rings is 1. The van der Waals surface area contributed by atoms with E-state index in [-0.39, 0.29) is 17.2 Å². The summed E-state index contributed by atoms with van der Waals surface area (Å²) in [4.78, 5) is 24.9. The Bertz CT molecular complexity index is 705. The third-order valence-electron chi connectivity index (χ3n) is 4.34. The molecule has 2 atom stereocenters. The zero-order valence-corrected chi connectivity index (χ0v) is 15.2. The van der Waals surface area contributed by atoms with Gasteiger partial charge in [-0.3, -0.25) is 9.59 Å². The number of ether oxygens (including phenoxy) is 2. The van der Waals surface area contributed by atoms with Crippen LogP contribution in [0.1, 0.15) is 24.2 Å². The minimum Gasteiger partial charge on any atom is -0.497 e. The molecule has 0 aromatic heterocycles. The van der Waals surface area contributed by atoms with E-state index in [1.807, 2.05) is 13.8 Å². The number of hydrogen-bond acceptors (Lipinski definition) is 4. The Morgan fingerprint density at radius 3 is 2.44 bits per heavy atom. The van der Waals surface area contributed by atoms with Gasteiger partial charge in [-0.1, -0.05) is 13.8 Å². The van der Waals surface area contributed by atoms with Crippen LogP contribution in [0.4, 0.5) is 13.2 Å². The van der Waals surface area contributed by atoms with Gasteiger partial charge in [-0.15, -0.1) is 0 Å². The summed E-state index contributed by atoms with van der Waals surface area (Å²) in [6.07, 6.45) is -4.70. The predicted molar refractivity (Wildman–Crippen MR) is 89.9 cm³/mol. The molecule has 1 saturated heterocycles. The Morgan fingerprint density at radius 1 is 1.30 bits per heavy atom. The van der Waals surface area contributed by atoms with Crippen molar-refractivity contribution >= 4 is 11.9 Å². The topological polar surface area (TPSA) is 76.1 Å². The molecule has 1 heterocycles. The number of methoxy groups -OCH3 is 1. The zero-order valence-electron chi connectivity index (χ0n) is 15.2. The smallest absolute Gasteiger partial charge is 0.394 e. The Balaban J connectivity index is 2.30. The maximum atomic E-state index is 13.2. The molecular weight excluding hydrogens is 367 g/mol. The van der Waals surface area contributed by atoms with Crippen LogP contribution in [0.5, 0.6) is 11.5 Å². The van der Waals surface area contributed by atoms with Gasteiger partial charge in [0, 0.05) is 19.2 Å². The van der Waals surface area contributed by atoms with Crippen LogP contribution in [-0.4, -0.2) is 54.9 Å². The number of carboxylic acid groups (broad SMARTS) is 1. The van der Waals surface area contributed by atoms with Gasteiger partial charge in [-0.25, -0.2) is 0 Å². The highest BCUT2D eigenvalue weighted by molar-refractivity contribution is 5.97. The summed E-state index contributed by atoms with van der Waals surface area (Å²) in [5.74, 6) is -5.27. The number of likely N-dealkylation sites (tertiary alicyclic amines) is 1.